The average molecular weight is 419 g/mol. The zero-order chi connectivity index (χ0) is 21.5. The van der Waals surface area contributed by atoms with Gasteiger partial charge in [0.05, 0.1) is 11.3 Å². The van der Waals surface area contributed by atoms with Gasteiger partial charge in [-0.15, -0.1) is 0 Å². The molecule has 1 saturated heterocycles. The summed E-state index contributed by atoms with van der Waals surface area (Å²) in [4.78, 5) is 13.4. The summed E-state index contributed by atoms with van der Waals surface area (Å²) in [7, 11) is -4.23. The molecule has 7 nitrogen and oxygen atoms in total. The van der Waals surface area contributed by atoms with Crippen LogP contribution in [-0.4, -0.2) is 31.6 Å². The van der Waals surface area contributed by atoms with Crippen LogP contribution in [0.5, 0.6) is 11.5 Å². The predicted molar refractivity (Wildman–Crippen MR) is 111 cm³/mol. The molecule has 3 atom stereocenters. The molecule has 3 unspecified atom stereocenters. The molecule has 0 amide bonds. The van der Waals surface area contributed by atoms with E-state index in [1.807, 2.05) is 37.8 Å². The number of hydrogen-bond donors (Lipinski definition) is 2. The molecule has 3 rings (SSSR count). The third kappa shape index (κ3) is 4.23. The second kappa shape index (κ2) is 7.68. The highest BCUT2D eigenvalue weighted by atomic mass is 32.2. The van der Waals surface area contributed by atoms with Crippen molar-refractivity contribution >= 4 is 21.7 Å². The molecule has 0 bridgehead atoms. The van der Waals surface area contributed by atoms with Gasteiger partial charge in [0.2, 0.25) is 10.0 Å². The van der Waals surface area contributed by atoms with E-state index in [0.29, 0.717) is 17.4 Å². The van der Waals surface area contributed by atoms with Crippen LogP contribution in [0.15, 0.2) is 41.3 Å². The minimum atomic E-state index is -4.23. The van der Waals surface area contributed by atoms with Gasteiger partial charge in [-0.2, -0.15) is 0 Å². The van der Waals surface area contributed by atoms with Crippen molar-refractivity contribution in [1.29, 1.82) is 0 Å². The third-order valence-electron chi connectivity index (χ3n) is 5.56. The number of ether oxygens (including phenoxy) is 1. The largest absolute Gasteiger partial charge is 0.478 e. The lowest BCUT2D eigenvalue weighted by Gasteiger charge is -2.32. The van der Waals surface area contributed by atoms with Gasteiger partial charge in [-0.3, -0.25) is 0 Å². The van der Waals surface area contributed by atoms with E-state index < -0.39 is 16.0 Å². The fourth-order valence-corrected chi connectivity index (χ4v) is 4.62. The Balaban J connectivity index is 2.27. The van der Waals surface area contributed by atoms with Crippen molar-refractivity contribution in [3.8, 4) is 11.5 Å². The molecule has 0 aliphatic carbocycles. The summed E-state index contributed by atoms with van der Waals surface area (Å²) in [6.07, 6.45) is 0.896. The van der Waals surface area contributed by atoms with E-state index >= 15 is 0 Å². The van der Waals surface area contributed by atoms with Gasteiger partial charge in [0, 0.05) is 12.1 Å². The van der Waals surface area contributed by atoms with Gasteiger partial charge in [-0.1, -0.05) is 24.6 Å². The maximum Gasteiger partial charge on any atom is 0.335 e. The number of aromatic carboxylic acids is 1. The van der Waals surface area contributed by atoms with Crippen LogP contribution in [0.25, 0.3) is 0 Å². The van der Waals surface area contributed by atoms with Gasteiger partial charge >= 0.3 is 5.97 Å². The monoisotopic (exact) mass is 418 g/mol. The fraction of sp³-hybridized carbons (Fsp3) is 0.381. The van der Waals surface area contributed by atoms with Crippen molar-refractivity contribution in [2.24, 2.45) is 11.1 Å². The number of sulfonamides is 1. The summed E-state index contributed by atoms with van der Waals surface area (Å²) in [5.41, 5.74) is 1.29. The number of anilines is 1. The summed E-state index contributed by atoms with van der Waals surface area (Å²) in [6, 6.07) is 9.83. The molecule has 29 heavy (non-hydrogen) atoms. The lowest BCUT2D eigenvalue weighted by Crippen LogP contribution is -2.34. The van der Waals surface area contributed by atoms with Crippen molar-refractivity contribution in [3.63, 3.8) is 0 Å². The topological polar surface area (TPSA) is 110 Å². The molecule has 0 radical (unpaired) electrons. The summed E-state index contributed by atoms with van der Waals surface area (Å²) in [5, 5.41) is 15.0. The molecule has 1 aliphatic rings. The Morgan fingerprint density at radius 1 is 1.17 bits per heavy atom. The minimum absolute atomic E-state index is 0.0501. The molecule has 156 valence electrons. The normalized spacial score (nSPS) is 22.0. The molecule has 2 aromatic rings. The molecule has 0 spiro atoms. The average Bonchev–Trinajstić information content (AvgIpc) is 2.88. The molecule has 1 heterocycles. The summed E-state index contributed by atoms with van der Waals surface area (Å²) in [6.45, 7) is 8.11. The molecule has 1 fully saturated rings. The molecule has 0 saturated carbocycles. The Hall–Kier alpha value is -2.58. The number of benzene rings is 2. The van der Waals surface area contributed by atoms with Gasteiger partial charge in [0.25, 0.3) is 0 Å². The molecule has 1 aliphatic heterocycles. The number of nitrogens with two attached hydrogens (primary N) is 1. The van der Waals surface area contributed by atoms with E-state index in [1.165, 1.54) is 6.07 Å². The van der Waals surface area contributed by atoms with Crippen molar-refractivity contribution < 1.29 is 23.1 Å². The lowest BCUT2D eigenvalue weighted by molar-refractivity contribution is 0.0696. The van der Waals surface area contributed by atoms with Crippen LogP contribution in [0, 0.1) is 12.8 Å². The number of carboxylic acids is 1. The summed E-state index contributed by atoms with van der Waals surface area (Å²) >= 11 is 0. The van der Waals surface area contributed by atoms with Crippen LogP contribution in [0.2, 0.25) is 0 Å². The Kier molecular flexibility index (Phi) is 5.60. The van der Waals surface area contributed by atoms with Crippen LogP contribution >= 0.6 is 0 Å². The fourth-order valence-electron chi connectivity index (χ4n) is 3.92. The molecule has 8 heteroatoms. The third-order valence-corrected chi connectivity index (χ3v) is 6.47. The second-order valence-corrected chi connectivity index (χ2v) is 9.33. The van der Waals surface area contributed by atoms with E-state index in [0.717, 1.165) is 18.1 Å². The van der Waals surface area contributed by atoms with Gasteiger partial charge in [-0.25, -0.2) is 18.4 Å². The maximum absolute atomic E-state index is 12.4. The highest BCUT2D eigenvalue weighted by Gasteiger charge is 2.37. The van der Waals surface area contributed by atoms with Crippen LogP contribution in [0.3, 0.4) is 0 Å². The maximum atomic E-state index is 12.4. The predicted octanol–water partition coefficient (Wildman–Crippen LogP) is 3.76. The molecule has 0 aromatic heterocycles. The first-order valence-electron chi connectivity index (χ1n) is 9.46. The zero-order valence-electron chi connectivity index (χ0n) is 16.9. The smallest absolute Gasteiger partial charge is 0.335 e. The van der Waals surface area contributed by atoms with E-state index in [1.54, 1.807) is 12.1 Å². The number of hydrogen-bond acceptors (Lipinski definition) is 5. The van der Waals surface area contributed by atoms with Crippen LogP contribution in [-0.2, 0) is 10.0 Å². The van der Waals surface area contributed by atoms with Gasteiger partial charge in [-0.05, 0) is 57.4 Å². The minimum Gasteiger partial charge on any atom is -0.478 e. The summed E-state index contributed by atoms with van der Waals surface area (Å²) in [5.74, 6) is -0.388. The Morgan fingerprint density at radius 3 is 2.28 bits per heavy atom. The number of carbonyl (C=O) groups is 1. The SMILES string of the molecule is Cc1ccc(Oc2c(N3C(C)CC(C)C3C)cc(C(=O)O)cc2S(N)(=O)=O)cc1. The van der Waals surface area contributed by atoms with Crippen molar-refractivity contribution in [2.75, 3.05) is 4.90 Å². The van der Waals surface area contributed by atoms with Crippen molar-refractivity contribution in [2.45, 2.75) is 51.1 Å². The number of rotatable bonds is 5. The summed E-state index contributed by atoms with van der Waals surface area (Å²) < 4.78 is 30.7. The van der Waals surface area contributed by atoms with Crippen molar-refractivity contribution in [1.82, 2.24) is 0 Å². The van der Waals surface area contributed by atoms with Crippen LogP contribution < -0.4 is 14.8 Å². The first-order chi connectivity index (χ1) is 13.5. The van der Waals surface area contributed by atoms with E-state index in [-0.39, 0.29) is 28.3 Å². The van der Waals surface area contributed by atoms with E-state index in [4.69, 9.17) is 9.88 Å². The Morgan fingerprint density at radius 2 is 1.79 bits per heavy atom. The highest BCUT2D eigenvalue weighted by Crippen LogP contribution is 2.44. The van der Waals surface area contributed by atoms with Gasteiger partial charge in [0.1, 0.15) is 10.6 Å². The van der Waals surface area contributed by atoms with E-state index in [9.17, 15) is 18.3 Å². The Labute approximate surface area is 171 Å². The first-order valence-corrected chi connectivity index (χ1v) is 11.0. The number of aryl methyl sites for hydroxylation is 1. The molecular formula is C21H26N2O5S. The number of primary sulfonamides is 1. The standard InChI is InChI=1S/C21H26N2O5S/c1-12-5-7-17(8-6-12)28-20-18(23-14(3)9-13(2)15(23)4)10-16(21(24)25)11-19(20)29(22,26)27/h5-8,10-11,13-15H,9H2,1-4H3,(H,24,25)(H2,22,26,27). The Bertz CT molecular complexity index is 1030. The zero-order valence-corrected chi connectivity index (χ0v) is 17.7. The number of nitrogens with zero attached hydrogens (tertiary/aromatic N) is 1. The van der Waals surface area contributed by atoms with Crippen LogP contribution in [0.4, 0.5) is 5.69 Å². The molecule has 2 aromatic carbocycles. The quantitative estimate of drug-likeness (QED) is 0.765. The highest BCUT2D eigenvalue weighted by molar-refractivity contribution is 7.89. The molecular weight excluding hydrogens is 392 g/mol. The van der Waals surface area contributed by atoms with Gasteiger partial charge in [0.15, 0.2) is 5.75 Å². The lowest BCUT2D eigenvalue weighted by atomic mass is 10.0. The first kappa shape index (κ1) is 21.1. The second-order valence-electron chi connectivity index (χ2n) is 7.80. The number of carboxylic acid groups (broad SMARTS) is 1. The molecule has 3 N–H and O–H groups in total. The van der Waals surface area contributed by atoms with Crippen LogP contribution in [0.1, 0.15) is 43.1 Å². The van der Waals surface area contributed by atoms with E-state index in [2.05, 4.69) is 6.92 Å². The van der Waals surface area contributed by atoms with Crippen molar-refractivity contribution in [3.05, 3.63) is 47.5 Å². The van der Waals surface area contributed by atoms with Gasteiger partial charge < -0.3 is 14.7 Å².